The Labute approximate surface area is 174 Å². The van der Waals surface area contributed by atoms with Gasteiger partial charge in [-0.1, -0.05) is 29.9 Å². The van der Waals surface area contributed by atoms with Crippen LogP contribution in [0.5, 0.6) is 0 Å². The fraction of sp³-hybridized carbons (Fsp3) is 0.292. The molecule has 1 fully saturated rings. The Morgan fingerprint density at radius 1 is 1.17 bits per heavy atom. The molecule has 6 heteroatoms. The van der Waals surface area contributed by atoms with Gasteiger partial charge in [0.25, 0.3) is 0 Å². The minimum atomic E-state index is -4.38. The fourth-order valence-corrected chi connectivity index (χ4v) is 4.02. The van der Waals surface area contributed by atoms with Crippen LogP contribution >= 0.6 is 0 Å². The number of nitrogens with one attached hydrogen (secondary N) is 1. The Balaban J connectivity index is 1.47. The Hall–Kier alpha value is -3.02. The van der Waals surface area contributed by atoms with E-state index in [9.17, 15) is 13.2 Å². The zero-order valence-electron chi connectivity index (χ0n) is 16.8. The Morgan fingerprint density at radius 3 is 2.73 bits per heavy atom. The molecule has 30 heavy (non-hydrogen) atoms. The van der Waals surface area contributed by atoms with Crippen molar-refractivity contribution in [1.82, 2.24) is 9.88 Å². The molecule has 3 nitrogen and oxygen atoms in total. The number of pyridine rings is 1. The van der Waals surface area contributed by atoms with E-state index in [1.165, 1.54) is 17.2 Å². The predicted octanol–water partition coefficient (Wildman–Crippen LogP) is 6.56. The van der Waals surface area contributed by atoms with Crippen LogP contribution in [-0.4, -0.2) is 22.5 Å². The molecule has 1 atom stereocenters. The van der Waals surface area contributed by atoms with Crippen LogP contribution in [0.2, 0.25) is 0 Å². The normalized spacial score (nSPS) is 20.5. The van der Waals surface area contributed by atoms with Crippen molar-refractivity contribution in [3.63, 3.8) is 0 Å². The number of benzene rings is 1. The average Bonchev–Trinajstić information content (AvgIpc) is 3.24. The highest BCUT2D eigenvalue weighted by molar-refractivity contribution is 5.71. The molecule has 1 saturated carbocycles. The van der Waals surface area contributed by atoms with Crippen molar-refractivity contribution in [2.24, 2.45) is 0 Å². The van der Waals surface area contributed by atoms with Crippen LogP contribution in [-0.2, 0) is 6.18 Å². The largest absolute Gasteiger partial charge is 0.417 e. The summed E-state index contributed by atoms with van der Waals surface area (Å²) in [5, 5.41) is 3.10. The minimum Gasteiger partial charge on any atom is -0.370 e. The second-order valence-electron chi connectivity index (χ2n) is 7.73. The maximum Gasteiger partial charge on any atom is 0.417 e. The van der Waals surface area contributed by atoms with Gasteiger partial charge in [0, 0.05) is 24.5 Å². The van der Waals surface area contributed by atoms with Crippen molar-refractivity contribution < 1.29 is 13.2 Å². The summed E-state index contributed by atoms with van der Waals surface area (Å²) in [6.07, 6.45) is 8.28. The third kappa shape index (κ3) is 4.58. The average molecular weight is 411 g/mol. The molecule has 2 aliphatic rings. The number of rotatable bonds is 4. The second-order valence-corrected chi connectivity index (χ2v) is 7.73. The van der Waals surface area contributed by atoms with Crippen LogP contribution in [0.25, 0.3) is 5.57 Å². The summed E-state index contributed by atoms with van der Waals surface area (Å²) in [6, 6.07) is 10.9. The zero-order chi connectivity index (χ0) is 21.1. The predicted molar refractivity (Wildman–Crippen MR) is 114 cm³/mol. The number of allylic oxidation sites excluding steroid dienone is 3. The summed E-state index contributed by atoms with van der Waals surface area (Å²) < 4.78 is 38.1. The van der Waals surface area contributed by atoms with Gasteiger partial charge in [-0.3, -0.25) is 0 Å². The molecule has 4 rings (SSSR count). The van der Waals surface area contributed by atoms with Crippen molar-refractivity contribution in [3.8, 4) is 0 Å². The van der Waals surface area contributed by atoms with Crippen LogP contribution in [0.3, 0.4) is 0 Å². The third-order valence-electron chi connectivity index (χ3n) is 5.76. The number of halogens is 3. The quantitative estimate of drug-likeness (QED) is 0.618. The number of alkyl halides is 3. The monoisotopic (exact) mass is 411 g/mol. The molecule has 0 spiro atoms. The molecule has 1 aliphatic heterocycles. The van der Waals surface area contributed by atoms with Gasteiger partial charge in [-0.15, -0.1) is 0 Å². The molecule has 0 saturated heterocycles. The van der Waals surface area contributed by atoms with E-state index in [0.717, 1.165) is 49.3 Å². The molecule has 1 aromatic carbocycles. The van der Waals surface area contributed by atoms with Gasteiger partial charge in [0.15, 0.2) is 0 Å². The maximum atomic E-state index is 12.7. The van der Waals surface area contributed by atoms with Crippen LogP contribution in [0.15, 0.2) is 72.6 Å². The lowest BCUT2D eigenvalue weighted by molar-refractivity contribution is -0.137. The number of aromatic nitrogens is 1. The maximum absolute atomic E-state index is 12.7. The van der Waals surface area contributed by atoms with Gasteiger partial charge in [-0.25, -0.2) is 4.98 Å². The van der Waals surface area contributed by atoms with Gasteiger partial charge in [0.1, 0.15) is 5.82 Å². The van der Waals surface area contributed by atoms with Crippen LogP contribution in [0.1, 0.15) is 37.3 Å². The molecule has 1 aromatic heterocycles. The molecule has 0 amide bonds. The molecule has 0 radical (unpaired) electrons. The standard InChI is InChI=1S/C24H24F3N3/c1-17(19-8-10-22(15-19)30-12-3-2-4-13-30)18-6-5-7-21(14-18)29-23-11-9-20(16-28-23)24(25,26)27/h2-7,9,11-12,14,16,22H,8,10,13,15H2,1H3,(H,28,29)/b19-17+. The van der Waals surface area contributed by atoms with Gasteiger partial charge < -0.3 is 10.2 Å². The van der Waals surface area contributed by atoms with Crippen molar-refractivity contribution >= 4 is 17.1 Å². The first-order chi connectivity index (χ1) is 14.4. The van der Waals surface area contributed by atoms with Gasteiger partial charge in [-0.05, 0) is 73.9 Å². The first-order valence-electron chi connectivity index (χ1n) is 10.1. The molecule has 1 unspecified atom stereocenters. The van der Waals surface area contributed by atoms with Crippen molar-refractivity contribution in [2.45, 2.75) is 38.4 Å². The van der Waals surface area contributed by atoms with E-state index in [1.54, 1.807) is 0 Å². The van der Waals surface area contributed by atoms with Gasteiger partial charge in [-0.2, -0.15) is 13.2 Å². The molecule has 156 valence electrons. The lowest BCUT2D eigenvalue weighted by atomic mass is 9.99. The fourth-order valence-electron chi connectivity index (χ4n) is 4.02. The second kappa shape index (κ2) is 8.38. The summed E-state index contributed by atoms with van der Waals surface area (Å²) in [4.78, 5) is 6.29. The lowest BCUT2D eigenvalue weighted by Crippen LogP contribution is -2.29. The summed E-state index contributed by atoms with van der Waals surface area (Å²) in [5.41, 5.74) is 3.91. The van der Waals surface area contributed by atoms with E-state index >= 15 is 0 Å². The highest BCUT2D eigenvalue weighted by Gasteiger charge is 2.30. The minimum absolute atomic E-state index is 0.385. The van der Waals surface area contributed by atoms with Gasteiger partial charge in [0.05, 0.1) is 5.56 Å². The number of nitrogens with zero attached hydrogens (tertiary/aromatic N) is 2. The van der Waals surface area contributed by atoms with Crippen molar-refractivity contribution in [3.05, 3.63) is 83.7 Å². The van der Waals surface area contributed by atoms with Crippen molar-refractivity contribution in [2.75, 3.05) is 11.9 Å². The Bertz CT molecular complexity index is 988. The molecule has 2 heterocycles. The summed E-state index contributed by atoms with van der Waals surface area (Å²) in [6.45, 7) is 3.12. The highest BCUT2D eigenvalue weighted by Crippen LogP contribution is 2.35. The van der Waals surface area contributed by atoms with E-state index < -0.39 is 11.7 Å². The van der Waals surface area contributed by atoms with Crippen LogP contribution < -0.4 is 5.32 Å². The highest BCUT2D eigenvalue weighted by atomic mass is 19.4. The van der Waals surface area contributed by atoms with Gasteiger partial charge in [0.2, 0.25) is 0 Å². The Kier molecular flexibility index (Phi) is 5.66. The lowest BCUT2D eigenvalue weighted by Gasteiger charge is -2.27. The molecule has 1 N–H and O–H groups in total. The van der Waals surface area contributed by atoms with Crippen molar-refractivity contribution in [1.29, 1.82) is 0 Å². The van der Waals surface area contributed by atoms with E-state index in [1.807, 2.05) is 18.2 Å². The number of anilines is 2. The van der Waals surface area contributed by atoms with Crippen LogP contribution in [0, 0.1) is 0 Å². The van der Waals surface area contributed by atoms with E-state index in [0.29, 0.717) is 11.9 Å². The smallest absolute Gasteiger partial charge is 0.370 e. The first-order valence-corrected chi connectivity index (χ1v) is 10.1. The molecular formula is C24H24F3N3. The molecule has 0 bridgehead atoms. The van der Waals surface area contributed by atoms with E-state index in [4.69, 9.17) is 0 Å². The summed E-state index contributed by atoms with van der Waals surface area (Å²) in [5.74, 6) is 0.385. The SMILES string of the molecule is C/C(=C1/CCC(N2C=CC=CC2)C1)c1cccc(Nc2ccc(C(F)(F)F)cn2)c1. The summed E-state index contributed by atoms with van der Waals surface area (Å²) >= 11 is 0. The van der Waals surface area contributed by atoms with E-state index in [2.05, 4.69) is 52.6 Å². The zero-order valence-corrected chi connectivity index (χ0v) is 16.8. The first kappa shape index (κ1) is 20.3. The summed E-state index contributed by atoms with van der Waals surface area (Å²) in [7, 11) is 0. The number of hydrogen-bond donors (Lipinski definition) is 1. The topological polar surface area (TPSA) is 28.2 Å². The van der Waals surface area contributed by atoms with E-state index in [-0.39, 0.29) is 0 Å². The third-order valence-corrected chi connectivity index (χ3v) is 5.76. The Morgan fingerprint density at radius 2 is 2.03 bits per heavy atom. The number of hydrogen-bond acceptors (Lipinski definition) is 3. The van der Waals surface area contributed by atoms with Gasteiger partial charge >= 0.3 is 6.18 Å². The molecule has 1 aliphatic carbocycles. The molecule has 2 aromatic rings. The van der Waals surface area contributed by atoms with Crippen LogP contribution in [0.4, 0.5) is 24.7 Å². The molecular weight excluding hydrogens is 387 g/mol.